The quantitative estimate of drug-likeness (QED) is 0.294. The number of imidazole rings is 1. The zero-order valence-electron chi connectivity index (χ0n) is 23.6. The molecule has 0 spiro atoms. The number of aromatic nitrogens is 5. The van der Waals surface area contributed by atoms with Gasteiger partial charge < -0.3 is 24.8 Å². The van der Waals surface area contributed by atoms with Crippen molar-refractivity contribution in [3.05, 3.63) is 77.2 Å². The van der Waals surface area contributed by atoms with Crippen LogP contribution in [0.4, 0.5) is 11.6 Å². The third kappa shape index (κ3) is 4.38. The molecule has 3 aliphatic heterocycles. The van der Waals surface area contributed by atoms with E-state index >= 15 is 0 Å². The Morgan fingerprint density at radius 2 is 1.86 bits per heavy atom. The molecule has 43 heavy (non-hydrogen) atoms. The van der Waals surface area contributed by atoms with Crippen molar-refractivity contribution >= 4 is 45.4 Å². The van der Waals surface area contributed by atoms with Crippen LogP contribution in [-0.4, -0.2) is 78.8 Å². The molecule has 1 amide bonds. The summed E-state index contributed by atoms with van der Waals surface area (Å²) in [5, 5.41) is 16.4. The molecule has 0 atom stereocenters. The van der Waals surface area contributed by atoms with Gasteiger partial charge in [0.05, 0.1) is 17.2 Å². The van der Waals surface area contributed by atoms with E-state index in [1.165, 1.54) is 6.33 Å². The molecule has 2 fully saturated rings. The number of amides is 1. The Kier molecular flexibility index (Phi) is 6.07. The second-order valence-corrected chi connectivity index (χ2v) is 11.6. The molecule has 218 valence electrons. The Hall–Kier alpha value is -4.90. The predicted molar refractivity (Wildman–Crippen MR) is 166 cm³/mol. The number of likely N-dealkylation sites (tertiary alicyclic amines) is 1. The first kappa shape index (κ1) is 25.8. The highest BCUT2D eigenvalue weighted by Crippen LogP contribution is 2.38. The molecule has 2 saturated heterocycles. The number of H-pyrrole nitrogens is 1. The van der Waals surface area contributed by atoms with Gasteiger partial charge in [-0.3, -0.25) is 14.3 Å². The van der Waals surface area contributed by atoms with E-state index in [1.54, 1.807) is 0 Å². The van der Waals surface area contributed by atoms with Crippen LogP contribution in [0, 0.1) is 0 Å². The second kappa shape index (κ2) is 10.1. The van der Waals surface area contributed by atoms with Gasteiger partial charge >= 0.3 is 5.69 Å². The first-order chi connectivity index (χ1) is 21.0. The van der Waals surface area contributed by atoms with Gasteiger partial charge in [0.25, 0.3) is 0 Å². The van der Waals surface area contributed by atoms with E-state index in [1.807, 2.05) is 44.5 Å². The molecule has 0 aliphatic carbocycles. The number of carbonyl (C=O) groups excluding carboxylic acids is 1. The SMILES string of the molecule is O=C(Cn1cc(-c2ccc3ccccc3c2)c2c(N3CC(O)C3)ncnc21)N1CCC(n2c3c([nH]c2=O)NCC=C3)CC1. The number of nitrogens with zero attached hydrogens (tertiary/aromatic N) is 6. The van der Waals surface area contributed by atoms with Crippen LogP contribution in [0.5, 0.6) is 0 Å². The van der Waals surface area contributed by atoms with E-state index < -0.39 is 0 Å². The van der Waals surface area contributed by atoms with Gasteiger partial charge in [-0.15, -0.1) is 0 Å². The summed E-state index contributed by atoms with van der Waals surface area (Å²) < 4.78 is 3.76. The number of rotatable bonds is 5. The van der Waals surface area contributed by atoms with Crippen LogP contribution >= 0.6 is 0 Å². The molecule has 0 unspecified atom stereocenters. The molecule has 5 aromatic rings. The maximum Gasteiger partial charge on any atom is 0.327 e. The summed E-state index contributed by atoms with van der Waals surface area (Å²) in [7, 11) is 0. The number of hydrogen-bond donors (Lipinski definition) is 3. The molecular weight excluding hydrogens is 544 g/mol. The number of fused-ring (bicyclic) bond motifs is 3. The van der Waals surface area contributed by atoms with Crippen LogP contribution in [0.2, 0.25) is 0 Å². The minimum absolute atomic E-state index is 0.0185. The van der Waals surface area contributed by atoms with Gasteiger partial charge in [-0.1, -0.05) is 42.5 Å². The van der Waals surface area contributed by atoms with Crippen molar-refractivity contribution < 1.29 is 9.90 Å². The Morgan fingerprint density at radius 3 is 2.67 bits per heavy atom. The molecule has 8 rings (SSSR count). The number of aliphatic hydroxyl groups is 1. The number of aliphatic hydroxyl groups excluding tert-OH is 1. The number of β-amino-alcohol motifs (C(OH)–C–C–N with tert-alkyl or cyclic N) is 1. The van der Waals surface area contributed by atoms with Gasteiger partial charge in [0.1, 0.15) is 30.2 Å². The van der Waals surface area contributed by atoms with E-state index in [9.17, 15) is 14.7 Å². The average molecular weight is 577 g/mol. The number of nitrogens with one attached hydrogen (secondary N) is 2. The minimum atomic E-state index is -0.374. The fraction of sp³-hybridized carbons (Fsp3) is 0.312. The fourth-order valence-electron chi connectivity index (χ4n) is 6.74. The lowest BCUT2D eigenvalue weighted by Gasteiger charge is -2.37. The lowest BCUT2D eigenvalue weighted by Crippen LogP contribution is -2.51. The lowest BCUT2D eigenvalue weighted by molar-refractivity contribution is -0.133. The van der Waals surface area contributed by atoms with Crippen molar-refractivity contribution in [2.24, 2.45) is 0 Å². The largest absolute Gasteiger partial charge is 0.389 e. The van der Waals surface area contributed by atoms with Gasteiger partial charge in [0.15, 0.2) is 0 Å². The Bertz CT molecular complexity index is 1960. The highest BCUT2D eigenvalue weighted by molar-refractivity contribution is 6.03. The normalized spacial score (nSPS) is 17.3. The summed E-state index contributed by atoms with van der Waals surface area (Å²) in [5.74, 6) is 1.56. The van der Waals surface area contributed by atoms with Crippen LogP contribution < -0.4 is 15.9 Å². The zero-order valence-corrected chi connectivity index (χ0v) is 23.6. The first-order valence-electron chi connectivity index (χ1n) is 14.8. The number of carbonyl (C=O) groups is 1. The van der Waals surface area contributed by atoms with Gasteiger partial charge in [-0.05, 0) is 41.3 Å². The first-order valence-corrected chi connectivity index (χ1v) is 14.8. The van der Waals surface area contributed by atoms with Gasteiger partial charge in [0.2, 0.25) is 5.91 Å². The highest BCUT2D eigenvalue weighted by atomic mass is 16.3. The molecule has 3 aromatic heterocycles. The standard InChI is InChI=1S/C32H32N8O3/c41-24-15-38(16-24)30-28-25(22-8-7-20-4-1-2-5-21(20)14-22)17-39(31(28)35-19-34-30)18-27(42)37-12-9-23(10-13-37)40-26-6-3-11-33-29(26)36-32(40)43/h1-8,14,17,19,23-24,33,41H,9-13,15-16,18H2,(H,36,43). The number of anilines is 2. The molecule has 2 aromatic carbocycles. The number of hydrogen-bond acceptors (Lipinski definition) is 7. The van der Waals surface area contributed by atoms with E-state index in [0.717, 1.165) is 44.6 Å². The fourth-order valence-corrected chi connectivity index (χ4v) is 6.74. The summed E-state index contributed by atoms with van der Waals surface area (Å²) in [4.78, 5) is 42.5. The van der Waals surface area contributed by atoms with E-state index in [-0.39, 0.29) is 30.3 Å². The predicted octanol–water partition coefficient (Wildman–Crippen LogP) is 3.22. The Morgan fingerprint density at radius 1 is 1.05 bits per heavy atom. The smallest absolute Gasteiger partial charge is 0.327 e. The summed E-state index contributed by atoms with van der Waals surface area (Å²) >= 11 is 0. The van der Waals surface area contributed by atoms with Gasteiger partial charge in [-0.25, -0.2) is 14.8 Å². The topological polar surface area (TPSA) is 124 Å². The van der Waals surface area contributed by atoms with Crippen LogP contribution in [-0.2, 0) is 11.3 Å². The molecule has 0 saturated carbocycles. The summed E-state index contributed by atoms with van der Waals surface area (Å²) in [6.07, 6.45) is 8.60. The van der Waals surface area contributed by atoms with Crippen LogP contribution in [0.15, 0.2) is 65.9 Å². The Labute approximate surface area is 247 Å². The summed E-state index contributed by atoms with van der Waals surface area (Å²) in [5.41, 5.74) is 3.45. The molecule has 0 bridgehead atoms. The van der Waals surface area contributed by atoms with E-state index in [2.05, 4.69) is 55.5 Å². The van der Waals surface area contributed by atoms with Gasteiger partial charge in [0, 0.05) is 50.5 Å². The van der Waals surface area contributed by atoms with Crippen molar-refractivity contribution in [1.29, 1.82) is 0 Å². The number of piperidine rings is 1. The Balaban J connectivity index is 1.09. The van der Waals surface area contributed by atoms with Crippen molar-refractivity contribution in [2.75, 3.05) is 42.9 Å². The summed E-state index contributed by atoms with van der Waals surface area (Å²) in [6.45, 7) is 3.04. The summed E-state index contributed by atoms with van der Waals surface area (Å²) in [6, 6.07) is 14.7. The maximum absolute atomic E-state index is 13.7. The van der Waals surface area contributed by atoms with Crippen molar-refractivity contribution in [1.82, 2.24) is 29.0 Å². The maximum atomic E-state index is 13.7. The van der Waals surface area contributed by atoms with Crippen molar-refractivity contribution in [3.8, 4) is 11.1 Å². The molecular formula is C32H32N8O3. The number of aromatic amines is 1. The highest BCUT2D eigenvalue weighted by Gasteiger charge is 2.31. The van der Waals surface area contributed by atoms with Crippen molar-refractivity contribution in [3.63, 3.8) is 0 Å². The zero-order chi connectivity index (χ0) is 29.1. The van der Waals surface area contributed by atoms with E-state index in [0.29, 0.717) is 51.2 Å². The molecule has 11 heteroatoms. The molecule has 3 aliphatic rings. The van der Waals surface area contributed by atoms with E-state index in [4.69, 9.17) is 0 Å². The molecule has 0 radical (unpaired) electrons. The second-order valence-electron chi connectivity index (χ2n) is 11.6. The molecule has 3 N–H and O–H groups in total. The third-order valence-electron chi connectivity index (χ3n) is 8.98. The van der Waals surface area contributed by atoms with Crippen molar-refractivity contribution in [2.45, 2.75) is 31.5 Å². The third-order valence-corrected chi connectivity index (χ3v) is 8.98. The molecule has 11 nitrogen and oxygen atoms in total. The van der Waals surface area contributed by atoms with Crippen LogP contribution in [0.3, 0.4) is 0 Å². The average Bonchev–Trinajstić information content (AvgIpc) is 3.56. The number of benzene rings is 2. The molecule has 6 heterocycles. The monoisotopic (exact) mass is 576 g/mol. The van der Waals surface area contributed by atoms with Gasteiger partial charge in [-0.2, -0.15) is 0 Å². The van der Waals surface area contributed by atoms with Crippen LogP contribution in [0.25, 0.3) is 39.0 Å². The minimum Gasteiger partial charge on any atom is -0.389 e. The van der Waals surface area contributed by atoms with Crippen LogP contribution in [0.1, 0.15) is 24.6 Å². The lowest BCUT2D eigenvalue weighted by atomic mass is 10.0.